The van der Waals surface area contributed by atoms with Gasteiger partial charge in [0.05, 0.1) is 5.25 Å². The number of imide groups is 1. The van der Waals surface area contributed by atoms with Crippen molar-refractivity contribution in [2.75, 3.05) is 7.05 Å². The molecule has 1 fully saturated rings. The standard InChI is InChI=1S/C11H17N5O2S/c1-6(9(17)13-10(18)12-3)19-11-15-14-7(2)16(11)8-4-5-8/h6,8H,4-5H2,1-3H3,(H2,12,13,17,18)/t6-/m1/s1. The Morgan fingerprint density at radius 2 is 2.11 bits per heavy atom. The van der Waals surface area contributed by atoms with Gasteiger partial charge in [-0.25, -0.2) is 4.79 Å². The van der Waals surface area contributed by atoms with Crippen LogP contribution in [-0.2, 0) is 4.79 Å². The molecule has 2 rings (SSSR count). The molecular formula is C11H17N5O2S. The highest BCUT2D eigenvalue weighted by Gasteiger charge is 2.30. The summed E-state index contributed by atoms with van der Waals surface area (Å²) in [7, 11) is 1.47. The summed E-state index contributed by atoms with van der Waals surface area (Å²) in [6.45, 7) is 3.65. The smallest absolute Gasteiger partial charge is 0.321 e. The highest BCUT2D eigenvalue weighted by atomic mass is 32.2. The average molecular weight is 283 g/mol. The number of aryl methyl sites for hydroxylation is 1. The Bertz CT molecular complexity index is 497. The number of nitrogens with one attached hydrogen (secondary N) is 2. The van der Waals surface area contributed by atoms with Crippen molar-refractivity contribution in [1.82, 2.24) is 25.4 Å². The van der Waals surface area contributed by atoms with Crippen LogP contribution in [0.2, 0.25) is 0 Å². The molecule has 1 aliphatic rings. The first-order valence-electron chi connectivity index (χ1n) is 6.13. The molecule has 0 radical (unpaired) electrons. The number of thioether (sulfide) groups is 1. The molecule has 0 aliphatic heterocycles. The van der Waals surface area contributed by atoms with Gasteiger partial charge in [0.15, 0.2) is 5.16 Å². The fraction of sp³-hybridized carbons (Fsp3) is 0.636. The van der Waals surface area contributed by atoms with Crippen LogP contribution >= 0.6 is 11.8 Å². The Labute approximate surface area is 115 Å². The monoisotopic (exact) mass is 283 g/mol. The van der Waals surface area contributed by atoms with E-state index in [0.29, 0.717) is 6.04 Å². The van der Waals surface area contributed by atoms with Crippen LogP contribution in [0.4, 0.5) is 4.79 Å². The molecule has 1 heterocycles. The number of hydrogen-bond acceptors (Lipinski definition) is 5. The Kier molecular flexibility index (Phi) is 4.08. The highest BCUT2D eigenvalue weighted by molar-refractivity contribution is 8.00. The second-order valence-electron chi connectivity index (χ2n) is 4.46. The van der Waals surface area contributed by atoms with E-state index >= 15 is 0 Å². The predicted octanol–water partition coefficient (Wildman–Crippen LogP) is 0.858. The van der Waals surface area contributed by atoms with Crippen LogP contribution < -0.4 is 10.6 Å². The molecule has 0 saturated heterocycles. The zero-order chi connectivity index (χ0) is 14.0. The Balaban J connectivity index is 2.00. The van der Waals surface area contributed by atoms with E-state index in [-0.39, 0.29) is 5.91 Å². The third kappa shape index (κ3) is 3.25. The molecule has 0 unspecified atom stereocenters. The SMILES string of the molecule is CNC(=O)NC(=O)[C@@H](C)Sc1nnc(C)n1C1CC1. The zero-order valence-corrected chi connectivity index (χ0v) is 12.0. The number of hydrogen-bond donors (Lipinski definition) is 2. The summed E-state index contributed by atoms with van der Waals surface area (Å²) < 4.78 is 2.06. The van der Waals surface area contributed by atoms with Gasteiger partial charge in [-0.2, -0.15) is 0 Å². The zero-order valence-electron chi connectivity index (χ0n) is 11.1. The summed E-state index contributed by atoms with van der Waals surface area (Å²) in [5, 5.41) is 13.1. The number of nitrogens with zero attached hydrogens (tertiary/aromatic N) is 3. The Morgan fingerprint density at radius 1 is 1.42 bits per heavy atom. The molecule has 8 heteroatoms. The maximum Gasteiger partial charge on any atom is 0.321 e. The second kappa shape index (κ2) is 5.60. The summed E-state index contributed by atoms with van der Waals surface area (Å²) in [6, 6.07) is -0.0380. The summed E-state index contributed by atoms with van der Waals surface area (Å²) in [6.07, 6.45) is 2.26. The molecule has 0 bridgehead atoms. The van der Waals surface area contributed by atoms with Gasteiger partial charge in [0.25, 0.3) is 0 Å². The van der Waals surface area contributed by atoms with Crippen LogP contribution in [-0.4, -0.2) is 39.0 Å². The van der Waals surface area contributed by atoms with Crippen LogP contribution in [0, 0.1) is 6.92 Å². The number of carbonyl (C=O) groups is 2. The molecule has 3 amide bonds. The first kappa shape index (κ1) is 13.9. The van der Waals surface area contributed by atoms with E-state index in [1.165, 1.54) is 18.8 Å². The summed E-state index contributed by atoms with van der Waals surface area (Å²) in [5.74, 6) is 0.524. The normalized spacial score (nSPS) is 15.9. The third-order valence-electron chi connectivity index (χ3n) is 2.86. The van der Waals surface area contributed by atoms with Gasteiger partial charge >= 0.3 is 6.03 Å². The lowest BCUT2D eigenvalue weighted by Crippen LogP contribution is -2.41. The number of carbonyl (C=O) groups excluding carboxylic acids is 2. The van der Waals surface area contributed by atoms with E-state index < -0.39 is 11.3 Å². The molecule has 1 aromatic rings. The highest BCUT2D eigenvalue weighted by Crippen LogP contribution is 2.39. The third-order valence-corrected chi connectivity index (χ3v) is 3.92. The molecule has 1 atom stereocenters. The lowest BCUT2D eigenvalue weighted by Gasteiger charge is -2.11. The molecule has 2 N–H and O–H groups in total. The fourth-order valence-corrected chi connectivity index (χ4v) is 2.64. The fourth-order valence-electron chi connectivity index (χ4n) is 1.67. The van der Waals surface area contributed by atoms with Crippen LogP contribution in [0.3, 0.4) is 0 Å². The van der Waals surface area contributed by atoms with Crippen molar-refractivity contribution in [3.05, 3.63) is 5.82 Å². The first-order valence-corrected chi connectivity index (χ1v) is 7.01. The average Bonchev–Trinajstić information content (AvgIpc) is 3.14. The van der Waals surface area contributed by atoms with Gasteiger partial charge < -0.3 is 9.88 Å². The number of rotatable bonds is 4. The number of aromatic nitrogens is 3. The van der Waals surface area contributed by atoms with E-state index in [1.807, 2.05) is 6.92 Å². The predicted molar refractivity (Wildman–Crippen MR) is 70.9 cm³/mol. The van der Waals surface area contributed by atoms with Crippen LogP contribution in [0.15, 0.2) is 5.16 Å². The lowest BCUT2D eigenvalue weighted by atomic mass is 10.4. The summed E-state index contributed by atoms with van der Waals surface area (Å²) >= 11 is 1.32. The van der Waals surface area contributed by atoms with Crippen molar-refractivity contribution in [3.63, 3.8) is 0 Å². The van der Waals surface area contributed by atoms with Gasteiger partial charge in [0.2, 0.25) is 5.91 Å². The van der Waals surface area contributed by atoms with Gasteiger partial charge in [0, 0.05) is 13.1 Å². The minimum atomic E-state index is -0.503. The minimum absolute atomic E-state index is 0.340. The van der Waals surface area contributed by atoms with Gasteiger partial charge in [-0.3, -0.25) is 10.1 Å². The molecule has 1 saturated carbocycles. The van der Waals surface area contributed by atoms with Gasteiger partial charge in [-0.1, -0.05) is 11.8 Å². The van der Waals surface area contributed by atoms with Crippen molar-refractivity contribution < 1.29 is 9.59 Å². The molecule has 1 aromatic heterocycles. The van der Waals surface area contributed by atoms with Crippen molar-refractivity contribution in [2.45, 2.75) is 43.1 Å². The molecule has 0 spiro atoms. The number of amides is 3. The van der Waals surface area contributed by atoms with E-state index in [2.05, 4.69) is 25.4 Å². The van der Waals surface area contributed by atoms with Gasteiger partial charge in [-0.05, 0) is 26.7 Å². The largest absolute Gasteiger partial charge is 0.341 e. The summed E-state index contributed by atoms with van der Waals surface area (Å²) in [5.41, 5.74) is 0. The topological polar surface area (TPSA) is 88.9 Å². The Hall–Kier alpha value is -1.57. The van der Waals surface area contributed by atoms with Crippen LogP contribution in [0.5, 0.6) is 0 Å². The van der Waals surface area contributed by atoms with Crippen LogP contribution in [0.1, 0.15) is 31.6 Å². The molecule has 104 valence electrons. The van der Waals surface area contributed by atoms with Crippen molar-refractivity contribution in [1.29, 1.82) is 0 Å². The van der Waals surface area contributed by atoms with Crippen molar-refractivity contribution in [2.24, 2.45) is 0 Å². The minimum Gasteiger partial charge on any atom is -0.341 e. The molecule has 19 heavy (non-hydrogen) atoms. The molecule has 7 nitrogen and oxygen atoms in total. The van der Waals surface area contributed by atoms with E-state index in [4.69, 9.17) is 0 Å². The van der Waals surface area contributed by atoms with E-state index in [9.17, 15) is 9.59 Å². The summed E-state index contributed by atoms with van der Waals surface area (Å²) in [4.78, 5) is 22.9. The van der Waals surface area contributed by atoms with E-state index in [1.54, 1.807) is 6.92 Å². The molecule has 0 aromatic carbocycles. The van der Waals surface area contributed by atoms with E-state index in [0.717, 1.165) is 23.8 Å². The van der Waals surface area contributed by atoms with Crippen molar-refractivity contribution in [3.8, 4) is 0 Å². The lowest BCUT2D eigenvalue weighted by molar-refractivity contribution is -0.119. The first-order chi connectivity index (χ1) is 9.02. The number of urea groups is 1. The Morgan fingerprint density at radius 3 is 2.68 bits per heavy atom. The second-order valence-corrected chi connectivity index (χ2v) is 5.77. The quantitative estimate of drug-likeness (QED) is 0.800. The van der Waals surface area contributed by atoms with Crippen molar-refractivity contribution >= 4 is 23.7 Å². The molecular weight excluding hydrogens is 266 g/mol. The molecule has 1 aliphatic carbocycles. The maximum atomic E-state index is 11.8. The van der Waals surface area contributed by atoms with Gasteiger partial charge in [-0.15, -0.1) is 10.2 Å². The maximum absolute atomic E-state index is 11.8. The van der Waals surface area contributed by atoms with Gasteiger partial charge in [0.1, 0.15) is 5.82 Å². The van der Waals surface area contributed by atoms with Crippen LogP contribution in [0.25, 0.3) is 0 Å².